The van der Waals surface area contributed by atoms with Crippen LogP contribution < -0.4 is 10.6 Å². The fraction of sp³-hybridized carbons (Fsp3) is 0.125. The van der Waals surface area contributed by atoms with Crippen LogP contribution in [0.3, 0.4) is 0 Å². The van der Waals surface area contributed by atoms with E-state index in [0.29, 0.717) is 11.4 Å². The van der Waals surface area contributed by atoms with Crippen molar-refractivity contribution in [2.24, 2.45) is 0 Å². The predicted octanol–water partition coefficient (Wildman–Crippen LogP) is 5.49. The molecular weight excluding hydrogens is 408 g/mol. The van der Waals surface area contributed by atoms with Crippen LogP contribution in [0.5, 0.6) is 0 Å². The normalized spacial score (nSPS) is 10.8. The molecule has 0 aliphatic heterocycles. The van der Waals surface area contributed by atoms with Crippen LogP contribution in [0.4, 0.5) is 11.5 Å². The minimum atomic E-state index is -0.160. The molecule has 1 heterocycles. The molecule has 0 aliphatic carbocycles. The summed E-state index contributed by atoms with van der Waals surface area (Å²) in [5, 5.41) is 13.6. The highest BCUT2D eigenvalue weighted by Gasteiger charge is 2.10. The summed E-state index contributed by atoms with van der Waals surface area (Å²) in [6, 6.07) is 21.3. The first-order chi connectivity index (χ1) is 15.0. The van der Waals surface area contributed by atoms with Crippen molar-refractivity contribution in [1.29, 1.82) is 0 Å². The lowest BCUT2D eigenvalue weighted by Gasteiger charge is -2.08. The Bertz CT molecular complexity index is 1250. The van der Waals surface area contributed by atoms with Gasteiger partial charge in [-0.2, -0.15) is 5.10 Å². The highest BCUT2D eigenvalue weighted by atomic mass is 32.2. The second-order valence-electron chi connectivity index (χ2n) is 7.10. The van der Waals surface area contributed by atoms with Gasteiger partial charge in [0.25, 0.3) is 5.91 Å². The minimum Gasteiger partial charge on any atom is -0.322 e. The van der Waals surface area contributed by atoms with E-state index in [1.54, 1.807) is 11.8 Å². The number of carbonyl (C=O) groups is 2. The summed E-state index contributed by atoms with van der Waals surface area (Å²) in [6.45, 7) is 3.54. The van der Waals surface area contributed by atoms with Crippen molar-refractivity contribution in [3.05, 3.63) is 77.9 Å². The van der Waals surface area contributed by atoms with E-state index in [-0.39, 0.29) is 11.8 Å². The lowest BCUT2D eigenvalue weighted by atomic mass is 10.1. The molecule has 0 atom stereocenters. The van der Waals surface area contributed by atoms with Gasteiger partial charge >= 0.3 is 0 Å². The van der Waals surface area contributed by atoms with Crippen LogP contribution in [0.1, 0.15) is 29.8 Å². The summed E-state index contributed by atoms with van der Waals surface area (Å²) in [7, 11) is 0. The summed E-state index contributed by atoms with van der Waals surface area (Å²) in [4.78, 5) is 25.9. The standard InChI is InChI=1S/C24H22N4O2S/c1-3-16-7-9-17(10-8-16)24(30)26-18-5-4-6-19(13-18)31-20-11-12-21-22(14-20)27-28-23(21)25-15(2)29/h4-14H,3H2,1-2H3,(H,26,30)(H2,25,27,28,29). The van der Waals surface area contributed by atoms with Gasteiger partial charge in [0.05, 0.1) is 5.52 Å². The molecule has 156 valence electrons. The van der Waals surface area contributed by atoms with E-state index < -0.39 is 0 Å². The van der Waals surface area contributed by atoms with Gasteiger partial charge in [0.2, 0.25) is 5.91 Å². The van der Waals surface area contributed by atoms with E-state index in [1.165, 1.54) is 12.5 Å². The van der Waals surface area contributed by atoms with Crippen LogP contribution >= 0.6 is 11.8 Å². The zero-order chi connectivity index (χ0) is 21.8. The number of hydrogen-bond donors (Lipinski definition) is 3. The van der Waals surface area contributed by atoms with Crippen molar-refractivity contribution in [2.45, 2.75) is 30.1 Å². The number of anilines is 2. The van der Waals surface area contributed by atoms with Gasteiger partial charge < -0.3 is 10.6 Å². The maximum Gasteiger partial charge on any atom is 0.255 e. The van der Waals surface area contributed by atoms with Crippen LogP contribution in [-0.2, 0) is 11.2 Å². The van der Waals surface area contributed by atoms with Crippen LogP contribution in [0, 0.1) is 0 Å². The molecule has 6 nitrogen and oxygen atoms in total. The number of nitrogens with one attached hydrogen (secondary N) is 3. The van der Waals surface area contributed by atoms with Gasteiger partial charge in [-0.1, -0.05) is 36.9 Å². The second kappa shape index (κ2) is 9.06. The molecule has 2 amide bonds. The maximum atomic E-state index is 12.5. The highest BCUT2D eigenvalue weighted by Crippen LogP contribution is 2.32. The molecule has 0 saturated carbocycles. The molecule has 0 aliphatic rings. The zero-order valence-electron chi connectivity index (χ0n) is 17.2. The summed E-state index contributed by atoms with van der Waals surface area (Å²) in [5.41, 5.74) is 3.42. The fourth-order valence-electron chi connectivity index (χ4n) is 3.19. The van der Waals surface area contributed by atoms with Crippen molar-refractivity contribution in [2.75, 3.05) is 10.6 Å². The van der Waals surface area contributed by atoms with Crippen LogP contribution in [0.2, 0.25) is 0 Å². The molecule has 4 rings (SSSR count). The Kier molecular flexibility index (Phi) is 6.04. The molecule has 0 spiro atoms. The first kappa shape index (κ1) is 20.7. The summed E-state index contributed by atoms with van der Waals surface area (Å²) < 4.78 is 0. The minimum absolute atomic E-state index is 0.130. The van der Waals surface area contributed by atoms with Crippen molar-refractivity contribution in [1.82, 2.24) is 10.2 Å². The molecular formula is C24H22N4O2S. The Hall–Kier alpha value is -3.58. The summed E-state index contributed by atoms with van der Waals surface area (Å²) in [5.74, 6) is 0.233. The number of aromatic amines is 1. The number of rotatable bonds is 6. The monoisotopic (exact) mass is 430 g/mol. The van der Waals surface area contributed by atoms with Gasteiger partial charge in [-0.3, -0.25) is 14.7 Å². The molecule has 0 unspecified atom stereocenters. The average Bonchev–Trinajstić information content (AvgIpc) is 3.15. The van der Waals surface area contributed by atoms with Crippen LogP contribution in [-0.4, -0.2) is 22.0 Å². The predicted molar refractivity (Wildman–Crippen MR) is 125 cm³/mol. The molecule has 0 saturated heterocycles. The number of fused-ring (bicyclic) bond motifs is 1. The third-order valence-electron chi connectivity index (χ3n) is 4.78. The van der Waals surface area contributed by atoms with Crippen molar-refractivity contribution in [3.8, 4) is 0 Å². The van der Waals surface area contributed by atoms with Gasteiger partial charge in [-0.05, 0) is 60.5 Å². The number of aryl methyl sites for hydroxylation is 1. The number of carbonyl (C=O) groups excluding carboxylic acids is 2. The topological polar surface area (TPSA) is 86.9 Å². The van der Waals surface area contributed by atoms with Crippen LogP contribution in [0.25, 0.3) is 10.9 Å². The number of nitrogens with zero attached hydrogens (tertiary/aromatic N) is 1. The first-order valence-electron chi connectivity index (χ1n) is 9.96. The molecule has 0 radical (unpaired) electrons. The number of hydrogen-bond acceptors (Lipinski definition) is 4. The third kappa shape index (κ3) is 4.95. The van der Waals surface area contributed by atoms with E-state index in [1.807, 2.05) is 66.7 Å². The van der Waals surface area contributed by atoms with Gasteiger partial charge in [-0.25, -0.2) is 0 Å². The smallest absolute Gasteiger partial charge is 0.255 e. The fourth-order valence-corrected chi connectivity index (χ4v) is 4.11. The largest absolute Gasteiger partial charge is 0.322 e. The Labute approximate surface area is 184 Å². The maximum absolute atomic E-state index is 12.5. The molecule has 3 N–H and O–H groups in total. The number of benzene rings is 3. The molecule has 0 bridgehead atoms. The highest BCUT2D eigenvalue weighted by molar-refractivity contribution is 7.99. The Morgan fingerprint density at radius 1 is 0.968 bits per heavy atom. The van der Waals surface area contributed by atoms with E-state index >= 15 is 0 Å². The second-order valence-corrected chi connectivity index (χ2v) is 8.24. The molecule has 0 fully saturated rings. The summed E-state index contributed by atoms with van der Waals surface area (Å²) >= 11 is 1.58. The number of H-pyrrole nitrogens is 1. The third-order valence-corrected chi connectivity index (χ3v) is 5.76. The van der Waals surface area contributed by atoms with Gasteiger partial charge in [0.15, 0.2) is 5.82 Å². The van der Waals surface area contributed by atoms with Crippen molar-refractivity contribution < 1.29 is 9.59 Å². The van der Waals surface area contributed by atoms with E-state index in [9.17, 15) is 9.59 Å². The quantitative estimate of drug-likeness (QED) is 0.378. The lowest BCUT2D eigenvalue weighted by molar-refractivity contribution is -0.114. The number of aromatic nitrogens is 2. The Morgan fingerprint density at radius 2 is 1.74 bits per heavy atom. The Morgan fingerprint density at radius 3 is 2.48 bits per heavy atom. The number of amides is 2. The average molecular weight is 431 g/mol. The van der Waals surface area contributed by atoms with Crippen molar-refractivity contribution in [3.63, 3.8) is 0 Å². The molecule has 7 heteroatoms. The molecule has 1 aromatic heterocycles. The van der Waals surface area contributed by atoms with Crippen molar-refractivity contribution >= 4 is 46.0 Å². The molecule has 3 aromatic carbocycles. The summed E-state index contributed by atoms with van der Waals surface area (Å²) in [6.07, 6.45) is 0.945. The zero-order valence-corrected chi connectivity index (χ0v) is 18.0. The van der Waals surface area contributed by atoms with Gasteiger partial charge in [-0.15, -0.1) is 0 Å². The Balaban J connectivity index is 1.48. The van der Waals surface area contributed by atoms with Gasteiger partial charge in [0, 0.05) is 33.4 Å². The van der Waals surface area contributed by atoms with Crippen LogP contribution in [0.15, 0.2) is 76.5 Å². The van der Waals surface area contributed by atoms with E-state index in [0.717, 1.165) is 32.8 Å². The van der Waals surface area contributed by atoms with E-state index in [2.05, 4.69) is 27.8 Å². The lowest BCUT2D eigenvalue weighted by Crippen LogP contribution is -2.11. The molecule has 31 heavy (non-hydrogen) atoms. The van der Waals surface area contributed by atoms with E-state index in [4.69, 9.17) is 0 Å². The molecule has 4 aromatic rings. The first-order valence-corrected chi connectivity index (χ1v) is 10.8. The van der Waals surface area contributed by atoms with Gasteiger partial charge in [0.1, 0.15) is 0 Å². The SMILES string of the molecule is CCc1ccc(C(=O)Nc2cccc(Sc3ccc4c(NC(C)=O)n[nH]c4c3)c2)cc1.